The Morgan fingerprint density at radius 2 is 2.00 bits per heavy atom. The van der Waals surface area contributed by atoms with Gasteiger partial charge in [0.1, 0.15) is 5.75 Å². The van der Waals surface area contributed by atoms with E-state index in [-0.39, 0.29) is 0 Å². The van der Waals surface area contributed by atoms with E-state index in [9.17, 15) is 0 Å². The van der Waals surface area contributed by atoms with E-state index in [0.717, 1.165) is 12.3 Å². The summed E-state index contributed by atoms with van der Waals surface area (Å²) < 4.78 is 5.37. The van der Waals surface area contributed by atoms with E-state index in [1.807, 2.05) is 6.07 Å². The molecule has 1 atom stereocenters. The average molecular weight is 281 g/mol. The topological polar surface area (TPSA) is 12.5 Å². The summed E-state index contributed by atoms with van der Waals surface area (Å²) in [6, 6.07) is 17.7. The molecule has 0 N–H and O–H groups in total. The first-order valence-corrected chi connectivity index (χ1v) is 7.70. The van der Waals surface area contributed by atoms with Crippen molar-refractivity contribution in [3.63, 3.8) is 0 Å². The molecule has 3 rings (SSSR count). The van der Waals surface area contributed by atoms with Crippen LogP contribution in [-0.4, -0.2) is 18.6 Å². The lowest BCUT2D eigenvalue weighted by Gasteiger charge is -2.26. The fourth-order valence-corrected chi connectivity index (χ4v) is 3.25. The number of aryl methyl sites for hydroxylation is 1. The highest BCUT2D eigenvalue weighted by molar-refractivity contribution is 5.32. The molecule has 2 nitrogen and oxygen atoms in total. The normalized spacial score (nSPS) is 18.9. The van der Waals surface area contributed by atoms with Gasteiger partial charge in [-0.15, -0.1) is 0 Å². The first-order valence-electron chi connectivity index (χ1n) is 7.70. The summed E-state index contributed by atoms with van der Waals surface area (Å²) in [7, 11) is 1.73. The van der Waals surface area contributed by atoms with Crippen LogP contribution in [0.4, 0.5) is 0 Å². The van der Waals surface area contributed by atoms with Gasteiger partial charge in [-0.25, -0.2) is 0 Å². The molecule has 1 saturated heterocycles. The lowest BCUT2D eigenvalue weighted by atomic mass is 10.0. The van der Waals surface area contributed by atoms with Crippen LogP contribution in [0.2, 0.25) is 0 Å². The van der Waals surface area contributed by atoms with Gasteiger partial charge >= 0.3 is 0 Å². The highest BCUT2D eigenvalue weighted by Crippen LogP contribution is 2.34. The fraction of sp³-hybridized carbons (Fsp3) is 0.368. The number of nitrogens with zero attached hydrogens (tertiary/aromatic N) is 1. The molecule has 0 saturated carbocycles. The highest BCUT2D eigenvalue weighted by Gasteiger charge is 2.26. The summed E-state index contributed by atoms with van der Waals surface area (Å²) in [5, 5.41) is 0. The van der Waals surface area contributed by atoms with Crippen LogP contribution in [0.3, 0.4) is 0 Å². The first-order chi connectivity index (χ1) is 10.3. The van der Waals surface area contributed by atoms with Gasteiger partial charge in [-0.05, 0) is 55.1 Å². The predicted octanol–water partition coefficient (Wildman–Crippen LogP) is 4.34. The summed E-state index contributed by atoms with van der Waals surface area (Å²) >= 11 is 0. The van der Waals surface area contributed by atoms with Crippen LogP contribution in [0, 0.1) is 6.92 Å². The third-order valence-corrected chi connectivity index (χ3v) is 4.48. The van der Waals surface area contributed by atoms with Crippen LogP contribution in [0.15, 0.2) is 48.5 Å². The minimum absolute atomic E-state index is 0.514. The Hall–Kier alpha value is -1.80. The summed E-state index contributed by atoms with van der Waals surface area (Å²) in [6.07, 6.45) is 2.51. The Morgan fingerprint density at radius 1 is 1.14 bits per heavy atom. The third kappa shape index (κ3) is 3.11. The summed E-state index contributed by atoms with van der Waals surface area (Å²) in [4.78, 5) is 2.59. The molecule has 0 amide bonds. The van der Waals surface area contributed by atoms with E-state index in [0.29, 0.717) is 6.04 Å². The van der Waals surface area contributed by atoms with Gasteiger partial charge in [-0.2, -0.15) is 0 Å². The second kappa shape index (κ2) is 6.31. The molecule has 2 aromatic rings. The van der Waals surface area contributed by atoms with Crippen molar-refractivity contribution in [2.45, 2.75) is 32.4 Å². The SMILES string of the molecule is COc1cccc(C2CCCN2Cc2ccccc2C)c1. The van der Waals surface area contributed by atoms with Crippen molar-refractivity contribution < 1.29 is 4.74 Å². The Kier molecular flexibility index (Phi) is 4.26. The maximum atomic E-state index is 5.37. The summed E-state index contributed by atoms with van der Waals surface area (Å²) in [5.41, 5.74) is 4.20. The average Bonchev–Trinajstić information content (AvgIpc) is 2.98. The van der Waals surface area contributed by atoms with Crippen LogP contribution in [0.25, 0.3) is 0 Å². The molecule has 0 aliphatic carbocycles. The number of hydrogen-bond donors (Lipinski definition) is 0. The van der Waals surface area contributed by atoms with Crippen molar-refractivity contribution in [1.82, 2.24) is 4.90 Å². The van der Waals surface area contributed by atoms with Crippen LogP contribution >= 0.6 is 0 Å². The zero-order chi connectivity index (χ0) is 14.7. The van der Waals surface area contributed by atoms with E-state index in [1.54, 1.807) is 7.11 Å². The molecule has 0 spiro atoms. The molecule has 2 heteroatoms. The van der Waals surface area contributed by atoms with Gasteiger partial charge < -0.3 is 4.74 Å². The van der Waals surface area contributed by atoms with Crippen molar-refractivity contribution in [3.8, 4) is 5.75 Å². The standard InChI is InChI=1S/C19H23NO/c1-15-7-3-4-8-17(15)14-20-12-6-11-19(20)16-9-5-10-18(13-16)21-2/h3-5,7-10,13,19H,6,11-12,14H2,1-2H3. The van der Waals surface area contributed by atoms with Crippen LogP contribution < -0.4 is 4.74 Å². The molecule has 110 valence electrons. The van der Waals surface area contributed by atoms with Gasteiger partial charge in [0, 0.05) is 12.6 Å². The van der Waals surface area contributed by atoms with Crippen LogP contribution in [0.1, 0.15) is 35.6 Å². The Labute approximate surface area is 127 Å². The summed E-state index contributed by atoms with van der Waals surface area (Å²) in [5.74, 6) is 0.954. The van der Waals surface area contributed by atoms with Crippen molar-refractivity contribution in [2.24, 2.45) is 0 Å². The number of benzene rings is 2. The molecule has 2 aromatic carbocycles. The maximum Gasteiger partial charge on any atom is 0.119 e. The molecule has 1 unspecified atom stereocenters. The van der Waals surface area contributed by atoms with Crippen molar-refractivity contribution in [1.29, 1.82) is 0 Å². The Balaban J connectivity index is 1.80. The van der Waals surface area contributed by atoms with Crippen molar-refractivity contribution in [2.75, 3.05) is 13.7 Å². The smallest absolute Gasteiger partial charge is 0.119 e. The van der Waals surface area contributed by atoms with Gasteiger partial charge in [0.05, 0.1) is 7.11 Å². The summed E-state index contributed by atoms with van der Waals surface area (Å²) in [6.45, 7) is 4.41. The van der Waals surface area contributed by atoms with Crippen molar-refractivity contribution in [3.05, 3.63) is 65.2 Å². The highest BCUT2D eigenvalue weighted by atomic mass is 16.5. The van der Waals surface area contributed by atoms with E-state index in [2.05, 4.69) is 54.3 Å². The van der Waals surface area contributed by atoms with E-state index >= 15 is 0 Å². The second-order valence-corrected chi connectivity index (χ2v) is 5.83. The molecule has 1 aliphatic heterocycles. The fourth-order valence-electron chi connectivity index (χ4n) is 3.25. The third-order valence-electron chi connectivity index (χ3n) is 4.48. The van der Waals surface area contributed by atoms with Crippen molar-refractivity contribution >= 4 is 0 Å². The molecule has 0 radical (unpaired) electrons. The number of ether oxygens (including phenoxy) is 1. The molecule has 1 aliphatic rings. The van der Waals surface area contributed by atoms with E-state index in [1.165, 1.54) is 36.1 Å². The van der Waals surface area contributed by atoms with Gasteiger partial charge in [-0.3, -0.25) is 4.90 Å². The molecule has 21 heavy (non-hydrogen) atoms. The maximum absolute atomic E-state index is 5.37. The van der Waals surface area contributed by atoms with Gasteiger partial charge in [0.15, 0.2) is 0 Å². The van der Waals surface area contributed by atoms with E-state index in [4.69, 9.17) is 4.74 Å². The van der Waals surface area contributed by atoms with E-state index < -0.39 is 0 Å². The minimum atomic E-state index is 0.514. The minimum Gasteiger partial charge on any atom is -0.497 e. The van der Waals surface area contributed by atoms with Crippen LogP contribution in [0.5, 0.6) is 5.75 Å². The number of hydrogen-bond acceptors (Lipinski definition) is 2. The second-order valence-electron chi connectivity index (χ2n) is 5.83. The number of rotatable bonds is 4. The zero-order valence-corrected chi connectivity index (χ0v) is 12.9. The molecule has 1 heterocycles. The lowest BCUT2D eigenvalue weighted by Crippen LogP contribution is -2.23. The van der Waals surface area contributed by atoms with Gasteiger partial charge in [0.2, 0.25) is 0 Å². The molecule has 1 fully saturated rings. The largest absolute Gasteiger partial charge is 0.497 e. The predicted molar refractivity (Wildman–Crippen MR) is 86.6 cm³/mol. The zero-order valence-electron chi connectivity index (χ0n) is 12.9. The Bertz CT molecular complexity index is 608. The quantitative estimate of drug-likeness (QED) is 0.826. The molecule has 0 aromatic heterocycles. The van der Waals surface area contributed by atoms with Gasteiger partial charge in [-0.1, -0.05) is 36.4 Å². The molecular formula is C19H23NO. The number of methoxy groups -OCH3 is 1. The first kappa shape index (κ1) is 14.2. The monoisotopic (exact) mass is 281 g/mol. The molecule has 0 bridgehead atoms. The number of likely N-dealkylation sites (tertiary alicyclic amines) is 1. The Morgan fingerprint density at radius 3 is 2.81 bits per heavy atom. The van der Waals surface area contributed by atoms with Crippen LogP contribution in [-0.2, 0) is 6.54 Å². The van der Waals surface area contributed by atoms with Gasteiger partial charge in [0.25, 0.3) is 0 Å². The molecular weight excluding hydrogens is 258 g/mol. The lowest BCUT2D eigenvalue weighted by molar-refractivity contribution is 0.247.